The highest BCUT2D eigenvalue weighted by Crippen LogP contribution is 2.24. The third-order valence-corrected chi connectivity index (χ3v) is 6.61. The molecule has 0 aliphatic rings. The molecule has 2 atom stereocenters. The average Bonchev–Trinajstić information content (AvgIpc) is 3.25. The first-order chi connectivity index (χ1) is 20.2. The van der Waals surface area contributed by atoms with Gasteiger partial charge in [0.1, 0.15) is 35.9 Å². The number of alkyl carbamates (subject to hydrolysis) is 1. The fraction of sp³-hybridized carbons (Fsp3) is 0.419. The van der Waals surface area contributed by atoms with Crippen molar-refractivity contribution >= 4 is 29.8 Å². The van der Waals surface area contributed by atoms with Gasteiger partial charge in [0.05, 0.1) is 0 Å². The summed E-state index contributed by atoms with van der Waals surface area (Å²) in [4.78, 5) is 41.4. The number of carboxylic acids is 1. The number of phenols is 1. The van der Waals surface area contributed by atoms with E-state index in [1.807, 2.05) is 44.2 Å². The van der Waals surface area contributed by atoms with Crippen molar-refractivity contribution in [2.45, 2.75) is 84.7 Å². The van der Waals surface area contributed by atoms with Crippen molar-refractivity contribution in [3.05, 3.63) is 70.9 Å². The van der Waals surface area contributed by atoms with Crippen molar-refractivity contribution in [1.82, 2.24) is 14.9 Å². The number of phenolic OH excluding ortho intramolecular Hbond substituents is 1. The number of esters is 1. The molecule has 3 rings (SSSR count). The van der Waals surface area contributed by atoms with E-state index >= 15 is 0 Å². The molecule has 0 bridgehead atoms. The van der Waals surface area contributed by atoms with Gasteiger partial charge in [-0.15, -0.1) is 0 Å². The summed E-state index contributed by atoms with van der Waals surface area (Å²) in [6, 6.07) is 10.7. The van der Waals surface area contributed by atoms with E-state index in [1.165, 1.54) is 0 Å². The number of aliphatic carboxylic acids is 1. The Bertz CT molecular complexity index is 1390. The molecule has 12 nitrogen and oxygen atoms in total. The van der Waals surface area contributed by atoms with E-state index in [9.17, 15) is 24.6 Å². The Labute approximate surface area is 251 Å². The minimum absolute atomic E-state index is 0.101. The lowest BCUT2D eigenvalue weighted by Gasteiger charge is -2.22. The van der Waals surface area contributed by atoms with Gasteiger partial charge < -0.3 is 40.6 Å². The van der Waals surface area contributed by atoms with E-state index in [1.54, 1.807) is 43.7 Å². The number of carbonyl (C=O) groups excluding carboxylic acids is 2. The quantitative estimate of drug-likeness (QED) is 0.179. The summed E-state index contributed by atoms with van der Waals surface area (Å²) in [5.41, 5.74) is 8.77. The lowest BCUT2D eigenvalue weighted by molar-refractivity contribution is -0.146. The van der Waals surface area contributed by atoms with E-state index in [0.717, 1.165) is 22.3 Å². The molecule has 43 heavy (non-hydrogen) atoms. The van der Waals surface area contributed by atoms with Gasteiger partial charge in [0.25, 0.3) is 0 Å². The molecule has 232 valence electrons. The van der Waals surface area contributed by atoms with Crippen LogP contribution in [-0.4, -0.2) is 55.5 Å². The number of nitrogen functional groups attached to an aromatic ring is 1. The molecule has 0 aliphatic heterocycles. The first-order valence-corrected chi connectivity index (χ1v) is 14.0. The molecular weight excluding hydrogens is 554 g/mol. The summed E-state index contributed by atoms with van der Waals surface area (Å²) in [7, 11) is 0. The Morgan fingerprint density at radius 2 is 1.72 bits per heavy atom. The number of aromatic nitrogens is 2. The Morgan fingerprint density at radius 3 is 2.33 bits per heavy atom. The smallest absolute Gasteiger partial charge is 0.408 e. The van der Waals surface area contributed by atoms with Gasteiger partial charge >= 0.3 is 18.0 Å². The Hall–Kier alpha value is -4.74. The van der Waals surface area contributed by atoms with Crippen LogP contribution in [0.2, 0.25) is 0 Å². The van der Waals surface area contributed by atoms with Crippen molar-refractivity contribution in [2.24, 2.45) is 0 Å². The number of aryl methyl sites for hydroxylation is 3. The molecule has 0 spiro atoms. The van der Waals surface area contributed by atoms with Crippen LogP contribution >= 0.6 is 0 Å². The normalized spacial score (nSPS) is 12.7. The minimum atomic E-state index is -1.18. The second kappa shape index (κ2) is 14.4. The van der Waals surface area contributed by atoms with Crippen LogP contribution in [0.1, 0.15) is 55.9 Å². The third-order valence-electron chi connectivity index (χ3n) is 6.61. The topological polar surface area (TPSA) is 178 Å². The number of benzene rings is 2. The number of nitrogens with one attached hydrogen (secondary N) is 2. The maximum atomic E-state index is 13.3. The number of hydrogen-bond donors (Lipinski definition) is 5. The van der Waals surface area contributed by atoms with Crippen molar-refractivity contribution < 1.29 is 34.1 Å². The minimum Gasteiger partial charge on any atom is -0.508 e. The molecule has 1 heterocycles. The number of imidazole rings is 1. The van der Waals surface area contributed by atoms with E-state index in [-0.39, 0.29) is 31.1 Å². The number of hydrogen-bond acceptors (Lipinski definition) is 9. The SMILES string of the molecule is Cc1cc(O)cc(C)c1C[C@H](Nc1cn(CCC[C@@H](NC(=O)OC(C)(C)C)C(=O)O)c(N)n1)C(=O)OCc1ccccc1. The Balaban J connectivity index is 1.70. The van der Waals surface area contributed by atoms with E-state index in [0.29, 0.717) is 18.8 Å². The zero-order valence-corrected chi connectivity index (χ0v) is 25.2. The maximum absolute atomic E-state index is 13.3. The van der Waals surface area contributed by atoms with Gasteiger partial charge in [-0.25, -0.2) is 14.4 Å². The molecule has 1 amide bonds. The molecule has 0 radical (unpaired) electrons. The number of carbonyl (C=O) groups is 3. The van der Waals surface area contributed by atoms with Gasteiger partial charge in [-0.3, -0.25) is 0 Å². The number of ether oxygens (including phenoxy) is 2. The molecule has 0 saturated carbocycles. The molecule has 1 aromatic heterocycles. The highest BCUT2D eigenvalue weighted by atomic mass is 16.6. The Kier molecular flexibility index (Phi) is 11.0. The van der Waals surface area contributed by atoms with Crippen LogP contribution < -0.4 is 16.4 Å². The van der Waals surface area contributed by atoms with Gasteiger partial charge in [-0.05, 0) is 81.8 Å². The zero-order valence-electron chi connectivity index (χ0n) is 25.2. The zero-order chi connectivity index (χ0) is 31.7. The number of anilines is 2. The molecule has 0 aliphatic carbocycles. The number of rotatable bonds is 13. The van der Waals surface area contributed by atoms with Gasteiger partial charge in [-0.1, -0.05) is 30.3 Å². The summed E-state index contributed by atoms with van der Waals surface area (Å²) >= 11 is 0. The second-order valence-electron chi connectivity index (χ2n) is 11.4. The van der Waals surface area contributed by atoms with Crippen molar-refractivity contribution in [2.75, 3.05) is 11.1 Å². The van der Waals surface area contributed by atoms with E-state index < -0.39 is 35.7 Å². The molecule has 2 aromatic carbocycles. The summed E-state index contributed by atoms with van der Waals surface area (Å²) in [6.45, 7) is 9.22. The predicted octanol–water partition coefficient (Wildman–Crippen LogP) is 4.31. The van der Waals surface area contributed by atoms with E-state index in [2.05, 4.69) is 15.6 Å². The lowest BCUT2D eigenvalue weighted by Crippen LogP contribution is -2.43. The lowest BCUT2D eigenvalue weighted by atomic mass is 9.96. The summed E-state index contributed by atoms with van der Waals surface area (Å²) in [5.74, 6) is -1.00. The van der Waals surface area contributed by atoms with Crippen molar-refractivity contribution in [1.29, 1.82) is 0 Å². The largest absolute Gasteiger partial charge is 0.508 e. The van der Waals surface area contributed by atoms with E-state index in [4.69, 9.17) is 15.2 Å². The van der Waals surface area contributed by atoms with Crippen molar-refractivity contribution in [3.63, 3.8) is 0 Å². The van der Waals surface area contributed by atoms with Gasteiger partial charge in [0.2, 0.25) is 5.95 Å². The number of aromatic hydroxyl groups is 1. The van der Waals surface area contributed by atoms with Gasteiger partial charge in [0, 0.05) is 19.2 Å². The van der Waals surface area contributed by atoms with Crippen LogP contribution in [0.5, 0.6) is 5.75 Å². The van der Waals surface area contributed by atoms with Crippen LogP contribution in [0.25, 0.3) is 0 Å². The number of nitrogens with two attached hydrogens (primary N) is 1. The average molecular weight is 596 g/mol. The molecule has 0 fully saturated rings. The molecule has 0 saturated heterocycles. The molecule has 6 N–H and O–H groups in total. The predicted molar refractivity (Wildman–Crippen MR) is 162 cm³/mol. The van der Waals surface area contributed by atoms with Crippen LogP contribution in [0.15, 0.2) is 48.7 Å². The van der Waals surface area contributed by atoms with Gasteiger partial charge in [0.15, 0.2) is 0 Å². The molecule has 0 unspecified atom stereocenters. The molecular formula is C31H41N5O7. The number of carboxylic acid groups (broad SMARTS) is 1. The fourth-order valence-corrected chi connectivity index (χ4v) is 4.55. The monoisotopic (exact) mass is 595 g/mol. The van der Waals surface area contributed by atoms with Crippen LogP contribution in [0.3, 0.4) is 0 Å². The van der Waals surface area contributed by atoms with Crippen LogP contribution in [0, 0.1) is 13.8 Å². The van der Waals surface area contributed by atoms with Gasteiger partial charge in [-0.2, -0.15) is 4.98 Å². The fourth-order valence-electron chi connectivity index (χ4n) is 4.55. The van der Waals surface area contributed by atoms with Crippen LogP contribution in [-0.2, 0) is 38.6 Å². The first-order valence-electron chi connectivity index (χ1n) is 14.0. The van der Waals surface area contributed by atoms with Crippen molar-refractivity contribution in [3.8, 4) is 5.75 Å². The standard InChI is InChI=1S/C31H41N5O7/c1-19-14-22(37)15-20(2)23(19)16-25(28(40)42-18-21-10-7-6-8-11-21)33-26-17-36(29(32)35-26)13-9-12-24(27(38)39)34-30(41)43-31(3,4)5/h6-8,10-11,14-15,17,24-25,33,37H,9,12-13,16,18H2,1-5H3,(H2,32,35)(H,34,41)(H,38,39)/t24-,25+/m1/s1. The van der Waals surface area contributed by atoms with Crippen LogP contribution in [0.4, 0.5) is 16.6 Å². The number of amides is 1. The molecule has 3 aromatic rings. The highest BCUT2D eigenvalue weighted by molar-refractivity contribution is 5.80. The second-order valence-corrected chi connectivity index (χ2v) is 11.4. The summed E-state index contributed by atoms with van der Waals surface area (Å²) < 4.78 is 12.4. The summed E-state index contributed by atoms with van der Waals surface area (Å²) in [5, 5.41) is 25.0. The Morgan fingerprint density at radius 1 is 1.07 bits per heavy atom. The third kappa shape index (κ3) is 10.2. The maximum Gasteiger partial charge on any atom is 0.408 e. The molecule has 12 heteroatoms. The number of nitrogens with zero attached hydrogens (tertiary/aromatic N) is 2. The first kappa shape index (κ1) is 32.8. The summed E-state index contributed by atoms with van der Waals surface area (Å²) in [6.07, 6.45) is 1.59. The highest BCUT2D eigenvalue weighted by Gasteiger charge is 2.26.